The van der Waals surface area contributed by atoms with Crippen LogP contribution in [0.4, 0.5) is 0 Å². The van der Waals surface area contributed by atoms with Crippen molar-refractivity contribution in [1.29, 1.82) is 5.41 Å². The second-order valence-electron chi connectivity index (χ2n) is 5.62. The van der Waals surface area contributed by atoms with E-state index in [-0.39, 0.29) is 11.9 Å². The van der Waals surface area contributed by atoms with Crippen molar-refractivity contribution in [3.05, 3.63) is 0 Å². The Morgan fingerprint density at radius 2 is 1.45 bits per heavy atom. The van der Waals surface area contributed by atoms with E-state index in [9.17, 15) is 0 Å². The van der Waals surface area contributed by atoms with Gasteiger partial charge in [-0.3, -0.25) is 5.41 Å². The van der Waals surface area contributed by atoms with Gasteiger partial charge in [0.2, 0.25) is 11.9 Å². The number of nitrogens with one attached hydrogen (secondary N) is 1. The summed E-state index contributed by atoms with van der Waals surface area (Å²) in [5, 5.41) is 12.6. The Labute approximate surface area is 137 Å². The molecule has 0 spiro atoms. The first-order valence-electron chi connectivity index (χ1n) is 8.63. The molecular weight excluding hydrogens is 276 g/mol. The molecular formula is C16H38N6. The molecule has 6 heteroatoms. The number of hydrogen-bond acceptors (Lipinski definition) is 2. The first kappa shape index (κ1) is 22.8. The highest BCUT2D eigenvalue weighted by Gasteiger charge is 2.13. The third-order valence-corrected chi connectivity index (χ3v) is 3.45. The SMILES string of the molecule is CCCCC(CC)CN(N=C(N)N)C(=N)N.CCCCCC. The normalized spacial score (nSPS) is 11.1. The van der Waals surface area contributed by atoms with E-state index < -0.39 is 0 Å². The second-order valence-corrected chi connectivity index (χ2v) is 5.62. The van der Waals surface area contributed by atoms with Gasteiger partial charge in [0.05, 0.1) is 0 Å². The lowest BCUT2D eigenvalue weighted by Gasteiger charge is -2.22. The van der Waals surface area contributed by atoms with Crippen LogP contribution in [0.15, 0.2) is 5.10 Å². The molecule has 7 N–H and O–H groups in total. The minimum Gasteiger partial charge on any atom is -0.369 e. The summed E-state index contributed by atoms with van der Waals surface area (Å²) >= 11 is 0. The van der Waals surface area contributed by atoms with Crippen molar-refractivity contribution in [2.24, 2.45) is 28.2 Å². The fourth-order valence-electron chi connectivity index (χ4n) is 1.99. The van der Waals surface area contributed by atoms with Crippen LogP contribution in [0.5, 0.6) is 0 Å². The highest BCUT2D eigenvalue weighted by molar-refractivity contribution is 5.80. The van der Waals surface area contributed by atoms with E-state index in [1.54, 1.807) is 0 Å². The van der Waals surface area contributed by atoms with Gasteiger partial charge in [0, 0.05) is 6.54 Å². The third kappa shape index (κ3) is 14.9. The molecule has 0 radical (unpaired) electrons. The van der Waals surface area contributed by atoms with Crippen molar-refractivity contribution in [2.75, 3.05) is 6.54 Å². The molecule has 0 fully saturated rings. The predicted octanol–water partition coefficient (Wildman–Crippen LogP) is 3.17. The molecule has 22 heavy (non-hydrogen) atoms. The molecule has 0 rings (SSSR count). The molecule has 0 aromatic heterocycles. The lowest BCUT2D eigenvalue weighted by atomic mass is 9.99. The molecule has 1 atom stereocenters. The number of hydrogen-bond donors (Lipinski definition) is 4. The number of hydrazone groups is 1. The smallest absolute Gasteiger partial charge is 0.209 e. The lowest BCUT2D eigenvalue weighted by Crippen LogP contribution is -2.39. The van der Waals surface area contributed by atoms with Crippen LogP contribution < -0.4 is 17.2 Å². The van der Waals surface area contributed by atoms with E-state index in [4.69, 9.17) is 22.6 Å². The second kappa shape index (κ2) is 15.9. The Balaban J connectivity index is 0. The van der Waals surface area contributed by atoms with Crippen molar-refractivity contribution >= 4 is 11.9 Å². The summed E-state index contributed by atoms with van der Waals surface area (Å²) in [6.07, 6.45) is 10.0. The molecule has 0 aromatic carbocycles. The van der Waals surface area contributed by atoms with Crippen LogP contribution >= 0.6 is 0 Å². The summed E-state index contributed by atoms with van der Waals surface area (Å²) in [7, 11) is 0. The zero-order valence-electron chi connectivity index (χ0n) is 15.1. The summed E-state index contributed by atoms with van der Waals surface area (Å²) in [5.41, 5.74) is 16.0. The molecule has 0 saturated heterocycles. The van der Waals surface area contributed by atoms with E-state index >= 15 is 0 Å². The average molecular weight is 315 g/mol. The summed E-state index contributed by atoms with van der Waals surface area (Å²) in [6, 6.07) is 0. The summed E-state index contributed by atoms with van der Waals surface area (Å²) in [4.78, 5) is 0. The molecule has 0 aliphatic carbocycles. The Kier molecular flexibility index (Phi) is 16.5. The Morgan fingerprint density at radius 3 is 1.77 bits per heavy atom. The van der Waals surface area contributed by atoms with Crippen molar-refractivity contribution < 1.29 is 0 Å². The van der Waals surface area contributed by atoms with Crippen LogP contribution in [0, 0.1) is 11.3 Å². The van der Waals surface area contributed by atoms with Crippen LogP contribution in [-0.4, -0.2) is 23.5 Å². The molecule has 132 valence electrons. The van der Waals surface area contributed by atoms with Crippen LogP contribution in [0.3, 0.4) is 0 Å². The van der Waals surface area contributed by atoms with Crippen LogP contribution in [0.25, 0.3) is 0 Å². The number of unbranched alkanes of at least 4 members (excludes halogenated alkanes) is 4. The molecule has 1 unspecified atom stereocenters. The van der Waals surface area contributed by atoms with Gasteiger partial charge in [-0.15, -0.1) is 5.10 Å². The van der Waals surface area contributed by atoms with E-state index in [2.05, 4.69) is 32.8 Å². The first-order valence-corrected chi connectivity index (χ1v) is 8.63. The molecule has 0 aliphatic heterocycles. The quantitative estimate of drug-likeness (QED) is 0.214. The molecule has 0 aromatic rings. The van der Waals surface area contributed by atoms with Crippen molar-refractivity contribution in [2.45, 2.75) is 79.1 Å². The number of nitrogens with zero attached hydrogens (tertiary/aromatic N) is 2. The van der Waals surface area contributed by atoms with Crippen LogP contribution in [0.1, 0.15) is 79.1 Å². The predicted molar refractivity (Wildman–Crippen MR) is 97.6 cm³/mol. The third-order valence-electron chi connectivity index (χ3n) is 3.45. The number of rotatable bonds is 10. The highest BCUT2D eigenvalue weighted by atomic mass is 15.5. The molecule has 0 aliphatic rings. The molecule has 6 nitrogen and oxygen atoms in total. The van der Waals surface area contributed by atoms with Crippen molar-refractivity contribution in [1.82, 2.24) is 5.01 Å². The maximum absolute atomic E-state index is 7.38. The molecule has 0 amide bonds. The lowest BCUT2D eigenvalue weighted by molar-refractivity contribution is 0.318. The average Bonchev–Trinajstić information content (AvgIpc) is 2.48. The molecule has 0 saturated carbocycles. The maximum Gasteiger partial charge on any atom is 0.209 e. The van der Waals surface area contributed by atoms with Crippen LogP contribution in [0.2, 0.25) is 0 Å². The first-order chi connectivity index (χ1) is 10.4. The fraction of sp³-hybridized carbons (Fsp3) is 0.875. The zero-order chi connectivity index (χ0) is 17.4. The van der Waals surface area contributed by atoms with E-state index in [1.165, 1.54) is 43.5 Å². The van der Waals surface area contributed by atoms with Gasteiger partial charge < -0.3 is 17.2 Å². The minimum atomic E-state index is -0.122. The van der Waals surface area contributed by atoms with Gasteiger partial charge in [0.15, 0.2) is 0 Å². The standard InChI is InChI=1S/C10H24N6.C6H14/c1-3-5-6-8(4-2)7-16(10(13)14)15-9(11)12;1-3-5-6-4-2/h8H,3-7H2,1-2H3,(H3,13,14)(H4,11,12,15);3-6H2,1-2H3. The van der Waals surface area contributed by atoms with Crippen LogP contribution in [-0.2, 0) is 0 Å². The summed E-state index contributed by atoms with van der Waals surface area (Å²) in [6.45, 7) is 9.34. The molecule has 0 heterocycles. The van der Waals surface area contributed by atoms with Gasteiger partial charge in [-0.05, 0) is 12.3 Å². The number of guanidine groups is 2. The van der Waals surface area contributed by atoms with Gasteiger partial charge in [-0.2, -0.15) is 0 Å². The van der Waals surface area contributed by atoms with Gasteiger partial charge in [0.25, 0.3) is 0 Å². The Bertz CT molecular complexity index is 282. The van der Waals surface area contributed by atoms with Gasteiger partial charge in [0.1, 0.15) is 0 Å². The van der Waals surface area contributed by atoms with Crippen molar-refractivity contribution in [3.8, 4) is 0 Å². The van der Waals surface area contributed by atoms with E-state index in [0.717, 1.165) is 12.8 Å². The van der Waals surface area contributed by atoms with Gasteiger partial charge >= 0.3 is 0 Å². The highest BCUT2D eigenvalue weighted by Crippen LogP contribution is 2.14. The van der Waals surface area contributed by atoms with E-state index in [1.807, 2.05) is 0 Å². The van der Waals surface area contributed by atoms with Crippen molar-refractivity contribution in [3.63, 3.8) is 0 Å². The topological polar surface area (TPSA) is 118 Å². The van der Waals surface area contributed by atoms with Gasteiger partial charge in [-0.25, -0.2) is 5.01 Å². The maximum atomic E-state index is 7.38. The zero-order valence-corrected chi connectivity index (χ0v) is 15.1. The van der Waals surface area contributed by atoms with E-state index in [0.29, 0.717) is 12.5 Å². The fourth-order valence-corrected chi connectivity index (χ4v) is 1.99. The monoisotopic (exact) mass is 314 g/mol. The number of nitrogens with two attached hydrogens (primary N) is 3. The minimum absolute atomic E-state index is 0.0689. The molecule has 0 bridgehead atoms. The largest absolute Gasteiger partial charge is 0.369 e. The Hall–Kier alpha value is -1.46. The summed E-state index contributed by atoms with van der Waals surface area (Å²) < 4.78 is 0. The Morgan fingerprint density at radius 1 is 0.955 bits per heavy atom. The summed E-state index contributed by atoms with van der Waals surface area (Å²) in [5.74, 6) is 0.274. The van der Waals surface area contributed by atoms with Gasteiger partial charge in [-0.1, -0.05) is 72.6 Å².